The van der Waals surface area contributed by atoms with Crippen LogP contribution >= 0.6 is 11.8 Å². The van der Waals surface area contributed by atoms with E-state index in [2.05, 4.69) is 6.58 Å². The third kappa shape index (κ3) is 4.46. The van der Waals surface area contributed by atoms with E-state index in [-0.39, 0.29) is 17.9 Å². The van der Waals surface area contributed by atoms with Gasteiger partial charge >= 0.3 is 5.97 Å². The van der Waals surface area contributed by atoms with Crippen LogP contribution in [0.15, 0.2) is 41.8 Å². The Kier molecular flexibility index (Phi) is 5.59. The number of carbonyl (C=O) groups is 3. The van der Waals surface area contributed by atoms with E-state index >= 15 is 0 Å². The molecule has 0 aliphatic carbocycles. The summed E-state index contributed by atoms with van der Waals surface area (Å²) in [6, 6.07) is 7.04. The molecule has 0 saturated carbocycles. The van der Waals surface area contributed by atoms with Gasteiger partial charge in [-0.05, 0) is 35.5 Å². The maximum Gasteiger partial charge on any atom is 0.305 e. The van der Waals surface area contributed by atoms with Gasteiger partial charge in [-0.25, -0.2) is 0 Å². The second-order valence-corrected chi connectivity index (χ2v) is 5.64. The number of thioether (sulfide) groups is 1. The molecule has 1 aliphatic rings. The summed E-state index contributed by atoms with van der Waals surface area (Å²) in [6.45, 7) is 3.85. The minimum Gasteiger partial charge on any atom is -0.490 e. The smallest absolute Gasteiger partial charge is 0.305 e. The van der Waals surface area contributed by atoms with Crippen LogP contribution in [0.2, 0.25) is 0 Å². The Morgan fingerprint density at radius 2 is 2.00 bits per heavy atom. The molecule has 1 N–H and O–H groups in total. The number of nitrogens with zero attached hydrogens (tertiary/aromatic N) is 1. The van der Waals surface area contributed by atoms with Gasteiger partial charge in [-0.1, -0.05) is 24.8 Å². The molecule has 1 aromatic carbocycles. The van der Waals surface area contributed by atoms with Crippen LogP contribution in [-0.2, 0) is 9.59 Å². The Morgan fingerprint density at radius 1 is 1.30 bits per heavy atom. The first-order chi connectivity index (χ1) is 11.0. The first-order valence-electron chi connectivity index (χ1n) is 6.82. The lowest BCUT2D eigenvalue weighted by Crippen LogP contribution is -2.30. The Bertz CT molecular complexity index is 666. The number of hydrogen-bond donors (Lipinski definition) is 1. The van der Waals surface area contributed by atoms with Crippen LogP contribution in [0.1, 0.15) is 12.0 Å². The van der Waals surface area contributed by atoms with Crippen LogP contribution in [0.3, 0.4) is 0 Å². The normalized spacial score (nSPS) is 16.0. The van der Waals surface area contributed by atoms with Gasteiger partial charge in [0.05, 0.1) is 11.3 Å². The number of amides is 2. The lowest BCUT2D eigenvalue weighted by atomic mass is 10.2. The molecule has 1 aromatic rings. The van der Waals surface area contributed by atoms with Crippen molar-refractivity contribution in [2.75, 3.05) is 13.2 Å². The number of ether oxygens (including phenoxy) is 1. The predicted molar refractivity (Wildman–Crippen MR) is 87.1 cm³/mol. The van der Waals surface area contributed by atoms with Crippen LogP contribution in [0, 0.1) is 0 Å². The third-order valence-corrected chi connectivity index (χ3v) is 3.88. The van der Waals surface area contributed by atoms with Gasteiger partial charge in [-0.2, -0.15) is 0 Å². The standard InChI is InChI=1S/C16H15NO5S/c1-2-9-22-12-5-3-11(4-6-12)10-13-15(20)17(16(21)23-13)8-7-14(18)19/h2-6,10H,1,7-9H2,(H,18,19). The van der Waals surface area contributed by atoms with E-state index in [0.29, 0.717) is 12.4 Å². The lowest BCUT2D eigenvalue weighted by molar-refractivity contribution is -0.137. The first-order valence-corrected chi connectivity index (χ1v) is 7.64. The number of carboxylic acids is 1. The van der Waals surface area contributed by atoms with E-state index < -0.39 is 17.1 Å². The summed E-state index contributed by atoms with van der Waals surface area (Å²) in [7, 11) is 0. The molecule has 120 valence electrons. The minimum atomic E-state index is -1.05. The molecule has 7 heteroatoms. The number of benzene rings is 1. The highest BCUT2D eigenvalue weighted by Crippen LogP contribution is 2.32. The SMILES string of the molecule is C=CCOc1ccc(C=C2SC(=O)N(CCC(=O)O)C2=O)cc1. The number of carbonyl (C=O) groups excluding carboxylic acids is 2. The molecular formula is C16H15NO5S. The first kappa shape index (κ1) is 16.8. The number of imide groups is 1. The molecule has 2 amide bonds. The molecule has 1 fully saturated rings. The van der Waals surface area contributed by atoms with Crippen molar-refractivity contribution in [3.05, 3.63) is 47.4 Å². The molecule has 1 heterocycles. The van der Waals surface area contributed by atoms with Gasteiger partial charge in [0, 0.05) is 6.54 Å². The van der Waals surface area contributed by atoms with E-state index in [0.717, 1.165) is 22.2 Å². The second kappa shape index (κ2) is 7.64. The molecule has 0 aromatic heterocycles. The van der Waals surface area contributed by atoms with Crippen molar-refractivity contribution in [3.63, 3.8) is 0 Å². The highest BCUT2D eigenvalue weighted by molar-refractivity contribution is 8.18. The lowest BCUT2D eigenvalue weighted by Gasteiger charge is -2.09. The van der Waals surface area contributed by atoms with Crippen molar-refractivity contribution < 1.29 is 24.2 Å². The molecule has 1 aliphatic heterocycles. The summed E-state index contributed by atoms with van der Waals surface area (Å²) < 4.78 is 5.36. The van der Waals surface area contributed by atoms with E-state index in [4.69, 9.17) is 9.84 Å². The molecule has 6 nitrogen and oxygen atoms in total. The molecule has 0 spiro atoms. The Labute approximate surface area is 137 Å². The van der Waals surface area contributed by atoms with Crippen molar-refractivity contribution in [2.24, 2.45) is 0 Å². The molecular weight excluding hydrogens is 318 g/mol. The van der Waals surface area contributed by atoms with Gasteiger partial charge in [-0.15, -0.1) is 0 Å². The van der Waals surface area contributed by atoms with E-state index in [9.17, 15) is 14.4 Å². The summed E-state index contributed by atoms with van der Waals surface area (Å²) >= 11 is 0.807. The third-order valence-electron chi connectivity index (χ3n) is 2.97. The van der Waals surface area contributed by atoms with E-state index in [1.54, 1.807) is 36.4 Å². The Morgan fingerprint density at radius 3 is 2.61 bits per heavy atom. The fourth-order valence-electron chi connectivity index (χ4n) is 1.87. The van der Waals surface area contributed by atoms with Crippen molar-refractivity contribution >= 4 is 35.0 Å². The number of hydrogen-bond acceptors (Lipinski definition) is 5. The number of carboxylic acid groups (broad SMARTS) is 1. The zero-order valence-corrected chi connectivity index (χ0v) is 13.0. The largest absolute Gasteiger partial charge is 0.490 e. The molecule has 0 unspecified atom stereocenters. The van der Waals surface area contributed by atoms with Crippen LogP contribution in [0.5, 0.6) is 5.75 Å². The highest BCUT2D eigenvalue weighted by Gasteiger charge is 2.34. The van der Waals surface area contributed by atoms with Gasteiger partial charge in [0.15, 0.2) is 0 Å². The van der Waals surface area contributed by atoms with Crippen LogP contribution in [-0.4, -0.2) is 40.3 Å². The summed E-state index contributed by atoms with van der Waals surface area (Å²) in [5.74, 6) is -0.840. The Hall–Kier alpha value is -2.54. The summed E-state index contributed by atoms with van der Waals surface area (Å²) in [6.07, 6.45) is 2.98. The topological polar surface area (TPSA) is 83.9 Å². The summed E-state index contributed by atoms with van der Waals surface area (Å²) in [4.78, 5) is 35.7. The van der Waals surface area contributed by atoms with Crippen LogP contribution in [0.4, 0.5) is 4.79 Å². The fourth-order valence-corrected chi connectivity index (χ4v) is 2.73. The summed E-state index contributed by atoms with van der Waals surface area (Å²) in [5, 5.41) is 8.20. The maximum atomic E-state index is 12.1. The minimum absolute atomic E-state index is 0.119. The predicted octanol–water partition coefficient (Wildman–Crippen LogP) is 2.76. The number of rotatable bonds is 7. The quantitative estimate of drug-likeness (QED) is 0.610. The van der Waals surface area contributed by atoms with Crippen molar-refractivity contribution in [1.29, 1.82) is 0 Å². The maximum absolute atomic E-state index is 12.1. The fraction of sp³-hybridized carbons (Fsp3) is 0.188. The molecule has 0 radical (unpaired) electrons. The molecule has 0 atom stereocenters. The molecule has 2 rings (SSSR count). The van der Waals surface area contributed by atoms with Gasteiger partial charge in [0.25, 0.3) is 11.1 Å². The van der Waals surface area contributed by atoms with Gasteiger partial charge in [0.2, 0.25) is 0 Å². The van der Waals surface area contributed by atoms with Crippen molar-refractivity contribution in [3.8, 4) is 5.75 Å². The second-order valence-electron chi connectivity index (χ2n) is 4.65. The average Bonchev–Trinajstić information content (AvgIpc) is 2.78. The summed E-state index contributed by atoms with van der Waals surface area (Å²) in [5.41, 5.74) is 0.750. The zero-order chi connectivity index (χ0) is 16.8. The average molecular weight is 333 g/mol. The van der Waals surface area contributed by atoms with Gasteiger partial charge in [0.1, 0.15) is 12.4 Å². The highest BCUT2D eigenvalue weighted by atomic mass is 32.2. The van der Waals surface area contributed by atoms with E-state index in [1.165, 1.54) is 0 Å². The Balaban J connectivity index is 2.07. The molecule has 23 heavy (non-hydrogen) atoms. The van der Waals surface area contributed by atoms with Gasteiger partial charge in [-0.3, -0.25) is 19.3 Å². The van der Waals surface area contributed by atoms with E-state index in [1.807, 2.05) is 0 Å². The van der Waals surface area contributed by atoms with Crippen molar-refractivity contribution in [2.45, 2.75) is 6.42 Å². The number of aliphatic carboxylic acids is 1. The zero-order valence-electron chi connectivity index (χ0n) is 12.2. The van der Waals surface area contributed by atoms with Crippen LogP contribution in [0.25, 0.3) is 6.08 Å². The van der Waals surface area contributed by atoms with Crippen LogP contribution < -0.4 is 4.74 Å². The van der Waals surface area contributed by atoms with Crippen molar-refractivity contribution in [1.82, 2.24) is 4.90 Å². The monoisotopic (exact) mass is 333 g/mol. The van der Waals surface area contributed by atoms with Gasteiger partial charge < -0.3 is 9.84 Å². The molecule has 0 bridgehead atoms. The molecule has 1 saturated heterocycles.